The molecule has 3 heteroatoms. The molecule has 2 N–H and O–H groups in total. The minimum Gasteiger partial charge on any atom is -0.385 e. The summed E-state index contributed by atoms with van der Waals surface area (Å²) in [6, 6.07) is 1.67. The maximum Gasteiger partial charge on any atom is 0.0467 e. The molecule has 3 nitrogen and oxygen atoms in total. The van der Waals surface area contributed by atoms with E-state index in [9.17, 15) is 0 Å². The van der Waals surface area contributed by atoms with Crippen LogP contribution in [0, 0.1) is 11.3 Å². The molecule has 2 atom stereocenters. The first kappa shape index (κ1) is 15.3. The van der Waals surface area contributed by atoms with E-state index >= 15 is 0 Å². The summed E-state index contributed by atoms with van der Waals surface area (Å²) in [5, 5.41) is 7.38. The van der Waals surface area contributed by atoms with Crippen LogP contribution in [0.3, 0.4) is 0 Å². The van der Waals surface area contributed by atoms with E-state index in [1.807, 2.05) is 0 Å². The molecule has 2 fully saturated rings. The van der Waals surface area contributed by atoms with Gasteiger partial charge in [0.25, 0.3) is 0 Å². The van der Waals surface area contributed by atoms with Crippen LogP contribution in [0.25, 0.3) is 0 Å². The van der Waals surface area contributed by atoms with Gasteiger partial charge in [0.1, 0.15) is 0 Å². The van der Waals surface area contributed by atoms with Crippen molar-refractivity contribution in [2.45, 2.75) is 64.5 Å². The average molecular weight is 268 g/mol. The SMILES string of the molecule is COCCC(C)(C)CNCCC1CC2CCC(C1)N2. The smallest absolute Gasteiger partial charge is 0.0467 e. The predicted octanol–water partition coefficient (Wildman–Crippen LogP) is 2.56. The topological polar surface area (TPSA) is 33.3 Å². The van der Waals surface area contributed by atoms with Gasteiger partial charge in [-0.05, 0) is 56.4 Å². The number of ether oxygens (including phenoxy) is 1. The molecule has 0 aromatic carbocycles. The Morgan fingerprint density at radius 3 is 2.53 bits per heavy atom. The van der Waals surface area contributed by atoms with Crippen molar-refractivity contribution in [3.63, 3.8) is 0 Å². The quantitative estimate of drug-likeness (QED) is 0.664. The first-order valence-electron chi connectivity index (χ1n) is 8.05. The van der Waals surface area contributed by atoms with Crippen LogP contribution >= 0.6 is 0 Å². The average Bonchev–Trinajstić information content (AvgIpc) is 2.72. The lowest BCUT2D eigenvalue weighted by atomic mass is 9.88. The van der Waals surface area contributed by atoms with Crippen LogP contribution in [-0.2, 0) is 4.74 Å². The molecule has 0 aromatic rings. The highest BCUT2D eigenvalue weighted by molar-refractivity contribution is 4.92. The number of hydrogen-bond donors (Lipinski definition) is 2. The molecular formula is C16H32N2O. The highest BCUT2D eigenvalue weighted by Crippen LogP contribution is 2.32. The van der Waals surface area contributed by atoms with Crippen LogP contribution in [0.15, 0.2) is 0 Å². The zero-order valence-electron chi connectivity index (χ0n) is 13.0. The summed E-state index contributed by atoms with van der Waals surface area (Å²) in [6.45, 7) is 7.80. The van der Waals surface area contributed by atoms with E-state index in [-0.39, 0.29) is 0 Å². The molecule has 2 aliphatic rings. The number of hydrogen-bond acceptors (Lipinski definition) is 3. The third kappa shape index (κ3) is 5.05. The summed E-state index contributed by atoms with van der Waals surface area (Å²) in [5.74, 6) is 0.952. The molecule has 19 heavy (non-hydrogen) atoms. The molecular weight excluding hydrogens is 236 g/mol. The van der Waals surface area contributed by atoms with Crippen molar-refractivity contribution in [3.8, 4) is 0 Å². The summed E-state index contributed by atoms with van der Waals surface area (Å²) < 4.78 is 5.17. The molecule has 0 spiro atoms. The van der Waals surface area contributed by atoms with E-state index in [0.717, 1.165) is 37.6 Å². The van der Waals surface area contributed by atoms with Gasteiger partial charge in [-0.1, -0.05) is 13.8 Å². The van der Waals surface area contributed by atoms with Crippen molar-refractivity contribution >= 4 is 0 Å². The zero-order chi connectivity index (χ0) is 13.7. The first-order chi connectivity index (χ1) is 9.09. The highest BCUT2D eigenvalue weighted by atomic mass is 16.5. The van der Waals surface area contributed by atoms with E-state index in [1.165, 1.54) is 38.6 Å². The number of nitrogens with one attached hydrogen (secondary N) is 2. The Labute approximate surface area is 118 Å². The lowest BCUT2D eigenvalue weighted by Gasteiger charge is -2.30. The van der Waals surface area contributed by atoms with E-state index in [2.05, 4.69) is 24.5 Å². The Balaban J connectivity index is 1.56. The summed E-state index contributed by atoms with van der Waals surface area (Å²) in [7, 11) is 1.79. The van der Waals surface area contributed by atoms with Crippen LogP contribution in [0.4, 0.5) is 0 Å². The van der Waals surface area contributed by atoms with Crippen molar-refractivity contribution in [1.29, 1.82) is 0 Å². The van der Waals surface area contributed by atoms with Gasteiger partial charge in [-0.2, -0.15) is 0 Å². The fourth-order valence-electron chi connectivity index (χ4n) is 3.61. The third-order valence-electron chi connectivity index (χ3n) is 4.89. The minimum atomic E-state index is 0.350. The highest BCUT2D eigenvalue weighted by Gasteiger charge is 2.32. The second-order valence-corrected chi connectivity index (χ2v) is 7.35. The van der Waals surface area contributed by atoms with Crippen LogP contribution in [-0.4, -0.2) is 38.9 Å². The maximum absolute atomic E-state index is 5.17. The summed E-state index contributed by atoms with van der Waals surface area (Å²) in [6.07, 6.45) is 8.14. The van der Waals surface area contributed by atoms with Gasteiger partial charge in [0.05, 0.1) is 0 Å². The molecule has 2 aliphatic heterocycles. The van der Waals surface area contributed by atoms with E-state index in [1.54, 1.807) is 7.11 Å². The second kappa shape index (κ2) is 7.05. The van der Waals surface area contributed by atoms with Gasteiger partial charge in [-0.25, -0.2) is 0 Å². The number of piperidine rings is 1. The van der Waals surface area contributed by atoms with Gasteiger partial charge >= 0.3 is 0 Å². The van der Waals surface area contributed by atoms with Gasteiger partial charge in [-0.3, -0.25) is 0 Å². The molecule has 2 bridgehead atoms. The summed E-state index contributed by atoms with van der Waals surface area (Å²) in [4.78, 5) is 0. The fraction of sp³-hybridized carbons (Fsp3) is 1.00. The van der Waals surface area contributed by atoms with Crippen LogP contribution < -0.4 is 10.6 Å². The van der Waals surface area contributed by atoms with Gasteiger partial charge in [0.2, 0.25) is 0 Å². The zero-order valence-corrected chi connectivity index (χ0v) is 13.0. The lowest BCUT2D eigenvalue weighted by molar-refractivity contribution is 0.150. The fourth-order valence-corrected chi connectivity index (χ4v) is 3.61. The largest absolute Gasteiger partial charge is 0.385 e. The van der Waals surface area contributed by atoms with Crippen LogP contribution in [0.2, 0.25) is 0 Å². The molecule has 2 unspecified atom stereocenters. The molecule has 2 heterocycles. The molecule has 0 saturated carbocycles. The van der Waals surface area contributed by atoms with Gasteiger partial charge < -0.3 is 15.4 Å². The van der Waals surface area contributed by atoms with Crippen molar-refractivity contribution < 1.29 is 4.74 Å². The lowest BCUT2D eigenvalue weighted by Crippen LogP contribution is -2.39. The molecule has 0 aliphatic carbocycles. The number of methoxy groups -OCH3 is 1. The Hall–Kier alpha value is -0.120. The van der Waals surface area contributed by atoms with E-state index in [0.29, 0.717) is 5.41 Å². The Kier molecular flexibility index (Phi) is 5.67. The Morgan fingerprint density at radius 2 is 1.89 bits per heavy atom. The van der Waals surface area contributed by atoms with Gasteiger partial charge in [0, 0.05) is 32.3 Å². The van der Waals surface area contributed by atoms with Crippen molar-refractivity contribution in [1.82, 2.24) is 10.6 Å². The molecule has 0 aromatic heterocycles. The van der Waals surface area contributed by atoms with E-state index < -0.39 is 0 Å². The second-order valence-electron chi connectivity index (χ2n) is 7.35. The maximum atomic E-state index is 5.17. The number of fused-ring (bicyclic) bond motifs is 2. The monoisotopic (exact) mass is 268 g/mol. The molecule has 2 rings (SSSR count). The molecule has 112 valence electrons. The third-order valence-corrected chi connectivity index (χ3v) is 4.89. The molecule has 0 amide bonds. The normalized spacial score (nSPS) is 30.8. The predicted molar refractivity (Wildman–Crippen MR) is 80.4 cm³/mol. The van der Waals surface area contributed by atoms with Crippen molar-refractivity contribution in [2.75, 3.05) is 26.8 Å². The Bertz CT molecular complexity index is 255. The van der Waals surface area contributed by atoms with Crippen LogP contribution in [0.5, 0.6) is 0 Å². The standard InChI is InChI=1S/C16H32N2O/c1-16(2,7-9-19-3)12-17-8-6-13-10-14-4-5-15(11-13)18-14/h13-15,17-18H,4-12H2,1-3H3. The number of rotatable bonds is 8. The van der Waals surface area contributed by atoms with E-state index in [4.69, 9.17) is 4.74 Å². The summed E-state index contributed by atoms with van der Waals surface area (Å²) in [5.41, 5.74) is 0.350. The molecule has 2 saturated heterocycles. The van der Waals surface area contributed by atoms with Gasteiger partial charge in [0.15, 0.2) is 0 Å². The van der Waals surface area contributed by atoms with Gasteiger partial charge in [-0.15, -0.1) is 0 Å². The van der Waals surface area contributed by atoms with Crippen molar-refractivity contribution in [2.24, 2.45) is 11.3 Å². The Morgan fingerprint density at radius 1 is 1.21 bits per heavy atom. The first-order valence-corrected chi connectivity index (χ1v) is 8.05. The van der Waals surface area contributed by atoms with Crippen LogP contribution in [0.1, 0.15) is 52.4 Å². The summed E-state index contributed by atoms with van der Waals surface area (Å²) >= 11 is 0. The molecule has 0 radical (unpaired) electrons. The van der Waals surface area contributed by atoms with Crippen molar-refractivity contribution in [3.05, 3.63) is 0 Å². The minimum absolute atomic E-state index is 0.350.